The number of aryl methyl sites for hydroxylation is 1. The average Bonchev–Trinajstić information content (AvgIpc) is 2.36. The Morgan fingerprint density at radius 3 is 2.72 bits per heavy atom. The van der Waals surface area contributed by atoms with Gasteiger partial charge in [-0.05, 0) is 25.8 Å². The monoisotopic (exact) mass is 252 g/mol. The Morgan fingerprint density at radius 2 is 2.11 bits per heavy atom. The van der Waals surface area contributed by atoms with Gasteiger partial charge in [-0.1, -0.05) is 29.8 Å². The van der Waals surface area contributed by atoms with E-state index in [1.54, 1.807) is 6.92 Å². The number of hydrogen-bond donors (Lipinski definition) is 1. The summed E-state index contributed by atoms with van der Waals surface area (Å²) in [5.74, 6) is -1.13. The summed E-state index contributed by atoms with van der Waals surface area (Å²) in [6.45, 7) is 3.62. The number of hydrogen-bond acceptors (Lipinski definition) is 5. The fourth-order valence-electron chi connectivity index (χ4n) is 1.96. The molecule has 0 aliphatic carbocycles. The van der Waals surface area contributed by atoms with Crippen molar-refractivity contribution < 1.29 is 24.7 Å². The number of rotatable bonds is 3. The lowest BCUT2D eigenvalue weighted by Gasteiger charge is -2.35. The Labute approximate surface area is 105 Å². The molecular weight excluding hydrogens is 236 g/mol. The Bertz CT molecular complexity index is 428. The van der Waals surface area contributed by atoms with E-state index in [1.807, 2.05) is 31.2 Å². The van der Waals surface area contributed by atoms with E-state index in [1.165, 1.54) is 0 Å². The molecule has 0 spiro atoms. The van der Waals surface area contributed by atoms with Crippen molar-refractivity contribution in [1.82, 2.24) is 0 Å². The molecule has 1 saturated heterocycles. The second-order valence-electron chi connectivity index (χ2n) is 4.81. The number of benzene rings is 1. The minimum Gasteiger partial charge on any atom is -0.298 e. The van der Waals surface area contributed by atoms with Crippen LogP contribution in [0.15, 0.2) is 24.3 Å². The summed E-state index contributed by atoms with van der Waals surface area (Å²) in [4.78, 5) is 25.3. The van der Waals surface area contributed by atoms with Crippen LogP contribution in [0.3, 0.4) is 0 Å². The molecule has 0 saturated carbocycles. The molecule has 5 nitrogen and oxygen atoms in total. The molecule has 1 aromatic rings. The lowest BCUT2D eigenvalue weighted by molar-refractivity contribution is -0.395. The highest BCUT2D eigenvalue weighted by Gasteiger charge is 2.47. The predicted molar refractivity (Wildman–Crippen MR) is 62.5 cm³/mol. The second-order valence-corrected chi connectivity index (χ2v) is 4.81. The van der Waals surface area contributed by atoms with E-state index in [0.29, 0.717) is 6.42 Å². The number of carbonyl (C=O) groups is 1. The van der Waals surface area contributed by atoms with Crippen LogP contribution in [0.4, 0.5) is 0 Å². The van der Waals surface area contributed by atoms with Gasteiger partial charge in [0.15, 0.2) is 0 Å². The zero-order chi connectivity index (χ0) is 13.2. The van der Waals surface area contributed by atoms with Gasteiger partial charge >= 0.3 is 5.97 Å². The van der Waals surface area contributed by atoms with Crippen molar-refractivity contribution in [1.29, 1.82) is 0 Å². The Balaban J connectivity index is 2.18. The molecule has 0 radical (unpaired) electrons. The fourth-order valence-corrected chi connectivity index (χ4v) is 1.96. The summed E-state index contributed by atoms with van der Waals surface area (Å²) in [6, 6.07) is 7.82. The first-order valence-electron chi connectivity index (χ1n) is 5.76. The molecule has 18 heavy (non-hydrogen) atoms. The quantitative estimate of drug-likeness (QED) is 0.657. The Kier molecular flexibility index (Phi) is 3.65. The number of carbonyl (C=O) groups excluding carboxylic acids is 1. The van der Waals surface area contributed by atoms with E-state index in [9.17, 15) is 4.79 Å². The SMILES string of the molecule is Cc1ccc(CC2C(=O)OOCC2(C)OO)cc1. The average molecular weight is 252 g/mol. The fraction of sp³-hybridized carbons (Fsp3) is 0.462. The summed E-state index contributed by atoms with van der Waals surface area (Å²) in [5.41, 5.74) is 1.04. The van der Waals surface area contributed by atoms with Gasteiger partial charge in [-0.2, -0.15) is 4.89 Å². The van der Waals surface area contributed by atoms with Gasteiger partial charge in [-0.3, -0.25) is 10.1 Å². The van der Waals surface area contributed by atoms with Crippen molar-refractivity contribution in [2.24, 2.45) is 5.92 Å². The molecule has 1 N–H and O–H groups in total. The third kappa shape index (κ3) is 2.53. The van der Waals surface area contributed by atoms with Gasteiger partial charge in [0, 0.05) is 0 Å². The van der Waals surface area contributed by atoms with E-state index < -0.39 is 17.5 Å². The molecule has 0 bridgehead atoms. The summed E-state index contributed by atoms with van der Waals surface area (Å²) in [5, 5.41) is 8.97. The molecule has 0 aromatic heterocycles. The topological polar surface area (TPSA) is 65.0 Å². The summed E-state index contributed by atoms with van der Waals surface area (Å²) in [6.07, 6.45) is 0.430. The van der Waals surface area contributed by atoms with Crippen LogP contribution in [0.5, 0.6) is 0 Å². The van der Waals surface area contributed by atoms with Crippen LogP contribution in [0.2, 0.25) is 0 Å². The second kappa shape index (κ2) is 5.06. The molecule has 2 unspecified atom stereocenters. The van der Waals surface area contributed by atoms with Crippen LogP contribution in [-0.2, 0) is 25.9 Å². The largest absolute Gasteiger partial charge is 0.348 e. The molecule has 1 heterocycles. The van der Waals surface area contributed by atoms with Crippen LogP contribution in [0.1, 0.15) is 18.1 Å². The molecule has 1 aromatic carbocycles. The predicted octanol–water partition coefficient (Wildman–Crippen LogP) is 1.89. The third-order valence-corrected chi connectivity index (χ3v) is 3.28. The highest BCUT2D eigenvalue weighted by Crippen LogP contribution is 2.30. The first kappa shape index (κ1) is 13.0. The molecule has 2 rings (SSSR count). The van der Waals surface area contributed by atoms with Crippen molar-refractivity contribution in [2.75, 3.05) is 6.61 Å². The summed E-state index contributed by atoms with van der Waals surface area (Å²) >= 11 is 0. The lowest BCUT2D eigenvalue weighted by Crippen LogP contribution is -2.51. The lowest BCUT2D eigenvalue weighted by atomic mass is 9.84. The van der Waals surface area contributed by atoms with E-state index >= 15 is 0 Å². The highest BCUT2D eigenvalue weighted by atomic mass is 17.2. The van der Waals surface area contributed by atoms with E-state index in [2.05, 4.69) is 14.7 Å². The molecule has 2 atom stereocenters. The van der Waals surface area contributed by atoms with Crippen LogP contribution < -0.4 is 0 Å². The van der Waals surface area contributed by atoms with E-state index in [4.69, 9.17) is 5.26 Å². The van der Waals surface area contributed by atoms with Gasteiger partial charge in [0.05, 0.1) is 5.92 Å². The first-order valence-corrected chi connectivity index (χ1v) is 5.76. The maximum Gasteiger partial charge on any atom is 0.348 e. The standard InChI is InChI=1S/C13H16O5/c1-9-3-5-10(6-4-9)7-11-12(14)17-16-8-13(11,2)18-15/h3-6,11,15H,7-8H2,1-2H3. The van der Waals surface area contributed by atoms with E-state index in [0.717, 1.165) is 11.1 Å². The van der Waals surface area contributed by atoms with Crippen LogP contribution >= 0.6 is 0 Å². The molecular formula is C13H16O5. The van der Waals surface area contributed by atoms with Gasteiger partial charge in [0.25, 0.3) is 0 Å². The smallest absolute Gasteiger partial charge is 0.298 e. The molecule has 98 valence electrons. The zero-order valence-electron chi connectivity index (χ0n) is 10.4. The zero-order valence-corrected chi connectivity index (χ0v) is 10.4. The molecule has 1 fully saturated rings. The highest BCUT2D eigenvalue weighted by molar-refractivity contribution is 5.74. The molecule has 5 heteroatoms. The van der Waals surface area contributed by atoms with Gasteiger partial charge < -0.3 is 0 Å². The van der Waals surface area contributed by atoms with Crippen molar-refractivity contribution in [2.45, 2.75) is 25.9 Å². The van der Waals surface area contributed by atoms with Crippen molar-refractivity contribution in [3.8, 4) is 0 Å². The summed E-state index contributed by atoms with van der Waals surface area (Å²) < 4.78 is 0. The maximum atomic E-state index is 11.7. The van der Waals surface area contributed by atoms with Gasteiger partial charge in [-0.15, -0.1) is 0 Å². The minimum atomic E-state index is -1.08. The van der Waals surface area contributed by atoms with Crippen molar-refractivity contribution in [3.05, 3.63) is 35.4 Å². The molecule has 1 aliphatic rings. The van der Waals surface area contributed by atoms with Gasteiger partial charge in [-0.25, -0.2) is 9.68 Å². The Hall–Kier alpha value is -1.43. The Morgan fingerprint density at radius 1 is 1.44 bits per heavy atom. The minimum absolute atomic E-state index is 0.00572. The van der Waals surface area contributed by atoms with E-state index in [-0.39, 0.29) is 6.61 Å². The van der Waals surface area contributed by atoms with Gasteiger partial charge in [0.2, 0.25) is 0 Å². The van der Waals surface area contributed by atoms with Gasteiger partial charge in [0.1, 0.15) is 12.2 Å². The third-order valence-electron chi connectivity index (χ3n) is 3.28. The van der Waals surface area contributed by atoms with Crippen molar-refractivity contribution >= 4 is 5.97 Å². The first-order chi connectivity index (χ1) is 8.55. The molecule has 1 aliphatic heterocycles. The summed E-state index contributed by atoms with van der Waals surface area (Å²) in [7, 11) is 0. The normalized spacial score (nSPS) is 27.9. The maximum absolute atomic E-state index is 11.7. The van der Waals surface area contributed by atoms with Crippen molar-refractivity contribution in [3.63, 3.8) is 0 Å². The van der Waals surface area contributed by atoms with Crippen LogP contribution in [0.25, 0.3) is 0 Å². The van der Waals surface area contributed by atoms with Crippen LogP contribution in [0, 0.1) is 12.8 Å². The molecule has 0 amide bonds. The van der Waals surface area contributed by atoms with Crippen LogP contribution in [-0.4, -0.2) is 23.4 Å².